The Bertz CT molecular complexity index is 636. The van der Waals surface area contributed by atoms with Crippen LogP contribution in [-0.4, -0.2) is 52.2 Å². The van der Waals surface area contributed by atoms with Crippen molar-refractivity contribution >= 4 is 29.2 Å². The van der Waals surface area contributed by atoms with Crippen molar-refractivity contribution < 1.29 is 19.5 Å². The second-order valence-corrected chi connectivity index (χ2v) is 5.87. The number of carbonyl (C=O) groups excluding carboxylic acids is 3. The van der Waals surface area contributed by atoms with Gasteiger partial charge in [0.25, 0.3) is 5.91 Å². The average molecular weight is 323 g/mol. The Balaban J connectivity index is 2.13. The number of amides is 1. The molecule has 0 spiro atoms. The predicted molar refractivity (Wildman–Crippen MR) is 82.1 cm³/mol. The molecule has 7 nitrogen and oxygen atoms in total. The number of allylic oxidation sites excluding steroid dienone is 2. The highest BCUT2D eigenvalue weighted by Crippen LogP contribution is 2.29. The molecular weight excluding hydrogens is 306 g/mol. The van der Waals surface area contributed by atoms with Gasteiger partial charge in [-0.15, -0.1) is 11.8 Å². The lowest BCUT2D eigenvalue weighted by Crippen LogP contribution is -2.23. The number of hydrogen-bond acceptors (Lipinski definition) is 6. The van der Waals surface area contributed by atoms with Crippen LogP contribution in [0.2, 0.25) is 0 Å². The fraction of sp³-hybridized carbons (Fsp3) is 0.429. The van der Waals surface area contributed by atoms with E-state index in [4.69, 9.17) is 5.11 Å². The Labute approximate surface area is 131 Å². The van der Waals surface area contributed by atoms with Crippen molar-refractivity contribution in [3.05, 3.63) is 27.9 Å². The van der Waals surface area contributed by atoms with Crippen molar-refractivity contribution in [3.63, 3.8) is 0 Å². The van der Waals surface area contributed by atoms with Gasteiger partial charge >= 0.3 is 0 Å². The second kappa shape index (κ2) is 7.37. The van der Waals surface area contributed by atoms with Gasteiger partial charge in [0, 0.05) is 19.7 Å². The van der Waals surface area contributed by atoms with E-state index in [2.05, 4.69) is 15.5 Å². The maximum absolute atomic E-state index is 12.5. The molecule has 0 unspecified atom stereocenters. The van der Waals surface area contributed by atoms with Crippen molar-refractivity contribution in [2.75, 3.05) is 19.4 Å². The number of aromatic amines is 1. The van der Waals surface area contributed by atoms with Gasteiger partial charge in [-0.2, -0.15) is 5.10 Å². The first-order valence-electron chi connectivity index (χ1n) is 6.95. The Morgan fingerprint density at radius 3 is 2.82 bits per heavy atom. The summed E-state index contributed by atoms with van der Waals surface area (Å²) >= 11 is 1.29. The van der Waals surface area contributed by atoms with Gasteiger partial charge in [-0.3, -0.25) is 19.5 Å². The lowest BCUT2D eigenvalue weighted by atomic mass is 9.99. The molecule has 1 aromatic heterocycles. The number of aliphatic hydroxyl groups excluding tert-OH is 1. The summed E-state index contributed by atoms with van der Waals surface area (Å²) in [5, 5.41) is 17.4. The summed E-state index contributed by atoms with van der Waals surface area (Å²) < 4.78 is 0. The molecule has 0 fully saturated rings. The summed E-state index contributed by atoms with van der Waals surface area (Å²) in [6, 6.07) is 0. The average Bonchev–Trinajstić information content (AvgIpc) is 2.96. The number of nitrogens with zero attached hydrogens (tertiary/aromatic N) is 1. The Hall–Kier alpha value is -1.93. The normalized spacial score (nSPS) is 13.8. The van der Waals surface area contributed by atoms with Gasteiger partial charge in [-0.25, -0.2) is 0 Å². The topological polar surface area (TPSA) is 112 Å². The molecule has 1 aromatic rings. The van der Waals surface area contributed by atoms with E-state index in [0.717, 1.165) is 19.3 Å². The van der Waals surface area contributed by atoms with Gasteiger partial charge < -0.3 is 10.4 Å². The number of carbonyl (C=O) groups is 3. The SMILES string of the molecule is CNC(=O)c1n[nH]c2c1C(=O)C(SCCCCCO)=CC2=O. The lowest BCUT2D eigenvalue weighted by molar-refractivity contribution is 0.0945. The number of rotatable bonds is 7. The maximum atomic E-state index is 12.5. The summed E-state index contributed by atoms with van der Waals surface area (Å²) in [5.41, 5.74) is 0.0558. The van der Waals surface area contributed by atoms with Crippen LogP contribution in [-0.2, 0) is 0 Å². The Morgan fingerprint density at radius 1 is 1.36 bits per heavy atom. The molecule has 22 heavy (non-hydrogen) atoms. The van der Waals surface area contributed by atoms with Gasteiger partial charge in [0.1, 0.15) is 5.69 Å². The van der Waals surface area contributed by atoms with Crippen molar-refractivity contribution in [3.8, 4) is 0 Å². The first-order valence-corrected chi connectivity index (χ1v) is 7.93. The third-order valence-electron chi connectivity index (χ3n) is 3.23. The molecule has 0 saturated carbocycles. The van der Waals surface area contributed by atoms with Crippen molar-refractivity contribution in [2.45, 2.75) is 19.3 Å². The van der Waals surface area contributed by atoms with E-state index < -0.39 is 5.91 Å². The minimum atomic E-state index is -0.507. The van der Waals surface area contributed by atoms with Crippen LogP contribution in [0.1, 0.15) is 50.6 Å². The number of aromatic nitrogens is 2. The van der Waals surface area contributed by atoms with Gasteiger partial charge in [0.2, 0.25) is 11.6 Å². The standard InChI is InChI=1S/C14H17N3O4S/c1-15-14(21)12-10-11(16-17-12)8(19)7-9(13(10)20)22-6-4-2-3-5-18/h7,18H,2-6H2,1H3,(H,15,21)(H,16,17). The van der Waals surface area contributed by atoms with Crippen LogP contribution >= 0.6 is 11.8 Å². The van der Waals surface area contributed by atoms with Gasteiger partial charge in [0.05, 0.1) is 10.5 Å². The van der Waals surface area contributed by atoms with E-state index in [9.17, 15) is 14.4 Å². The van der Waals surface area contributed by atoms with Crippen LogP contribution in [0.5, 0.6) is 0 Å². The number of H-pyrrole nitrogens is 1. The Kier molecular flexibility index (Phi) is 5.51. The van der Waals surface area contributed by atoms with Crippen molar-refractivity contribution in [1.29, 1.82) is 0 Å². The molecule has 1 heterocycles. The van der Waals surface area contributed by atoms with Crippen molar-refractivity contribution in [1.82, 2.24) is 15.5 Å². The number of Topliss-reactive ketones (excluding diaryl/α,β-unsaturated/α-hetero) is 1. The number of aliphatic hydroxyl groups is 1. The third-order valence-corrected chi connectivity index (χ3v) is 4.33. The molecular formula is C14H17N3O4S. The van der Waals surface area contributed by atoms with Crippen LogP contribution in [0.15, 0.2) is 11.0 Å². The molecule has 2 rings (SSSR count). The van der Waals surface area contributed by atoms with Crippen LogP contribution in [0.3, 0.4) is 0 Å². The number of thioether (sulfide) groups is 1. The molecule has 1 amide bonds. The third kappa shape index (κ3) is 3.28. The zero-order chi connectivity index (χ0) is 16.1. The quantitative estimate of drug-likeness (QED) is 0.644. The lowest BCUT2D eigenvalue weighted by Gasteiger charge is -2.11. The summed E-state index contributed by atoms with van der Waals surface area (Å²) in [6.07, 6.45) is 3.70. The second-order valence-electron chi connectivity index (χ2n) is 4.74. The van der Waals surface area contributed by atoms with Crippen LogP contribution in [0.25, 0.3) is 0 Å². The molecule has 1 aliphatic rings. The molecule has 8 heteroatoms. The summed E-state index contributed by atoms with van der Waals surface area (Å²) in [7, 11) is 1.44. The monoisotopic (exact) mass is 323 g/mol. The smallest absolute Gasteiger partial charge is 0.272 e. The van der Waals surface area contributed by atoms with E-state index in [1.54, 1.807) is 0 Å². The largest absolute Gasteiger partial charge is 0.396 e. The van der Waals surface area contributed by atoms with E-state index in [0.29, 0.717) is 10.7 Å². The molecule has 0 radical (unpaired) electrons. The number of nitrogens with one attached hydrogen (secondary N) is 2. The van der Waals surface area contributed by atoms with Crippen LogP contribution in [0, 0.1) is 0 Å². The molecule has 0 saturated heterocycles. The van der Waals surface area contributed by atoms with E-state index >= 15 is 0 Å². The summed E-state index contributed by atoms with van der Waals surface area (Å²) in [6.45, 7) is 0.151. The minimum Gasteiger partial charge on any atom is -0.396 e. The van der Waals surface area contributed by atoms with E-state index in [1.807, 2.05) is 0 Å². The first-order chi connectivity index (χ1) is 10.6. The molecule has 0 atom stereocenters. The Morgan fingerprint density at radius 2 is 2.14 bits per heavy atom. The zero-order valence-corrected chi connectivity index (χ0v) is 13.0. The first kappa shape index (κ1) is 16.4. The molecule has 1 aliphatic carbocycles. The number of hydrogen-bond donors (Lipinski definition) is 3. The van der Waals surface area contributed by atoms with Gasteiger partial charge in [-0.1, -0.05) is 6.42 Å². The molecule has 3 N–H and O–H groups in total. The minimum absolute atomic E-state index is 0.0460. The predicted octanol–water partition coefficient (Wildman–Crippen LogP) is 0.928. The van der Waals surface area contributed by atoms with Crippen LogP contribution in [0.4, 0.5) is 0 Å². The number of unbranched alkanes of at least 4 members (excludes halogenated alkanes) is 2. The zero-order valence-electron chi connectivity index (χ0n) is 12.1. The van der Waals surface area contributed by atoms with Crippen molar-refractivity contribution in [2.24, 2.45) is 0 Å². The summed E-state index contributed by atoms with van der Waals surface area (Å²) in [5.74, 6) is -0.537. The summed E-state index contributed by atoms with van der Waals surface area (Å²) in [4.78, 5) is 36.5. The molecule has 0 aliphatic heterocycles. The highest BCUT2D eigenvalue weighted by atomic mass is 32.2. The maximum Gasteiger partial charge on any atom is 0.272 e. The molecule has 0 aromatic carbocycles. The van der Waals surface area contributed by atoms with E-state index in [-0.39, 0.29) is 35.1 Å². The van der Waals surface area contributed by atoms with Gasteiger partial charge in [0.15, 0.2) is 5.69 Å². The fourth-order valence-electron chi connectivity index (χ4n) is 2.08. The van der Waals surface area contributed by atoms with E-state index in [1.165, 1.54) is 24.9 Å². The van der Waals surface area contributed by atoms with Gasteiger partial charge in [-0.05, 0) is 18.6 Å². The fourth-order valence-corrected chi connectivity index (χ4v) is 3.08. The number of fused-ring (bicyclic) bond motifs is 1. The molecule has 118 valence electrons. The highest BCUT2D eigenvalue weighted by Gasteiger charge is 2.33. The molecule has 0 bridgehead atoms. The highest BCUT2D eigenvalue weighted by molar-refractivity contribution is 8.04. The number of ketones is 2. The van der Waals surface area contributed by atoms with Crippen LogP contribution < -0.4 is 5.32 Å².